The number of carbonyl (C=O) groups is 1. The van der Waals surface area contributed by atoms with Gasteiger partial charge in [-0.2, -0.15) is 0 Å². The van der Waals surface area contributed by atoms with Crippen molar-refractivity contribution in [2.45, 2.75) is 31.7 Å². The highest BCUT2D eigenvalue weighted by Gasteiger charge is 2.27. The van der Waals surface area contributed by atoms with Gasteiger partial charge in [0.1, 0.15) is 4.90 Å². The van der Waals surface area contributed by atoms with E-state index in [0.29, 0.717) is 12.2 Å². The van der Waals surface area contributed by atoms with Gasteiger partial charge in [-0.3, -0.25) is 14.0 Å². The van der Waals surface area contributed by atoms with E-state index in [-0.39, 0.29) is 34.0 Å². The van der Waals surface area contributed by atoms with Gasteiger partial charge >= 0.3 is 0 Å². The lowest BCUT2D eigenvalue weighted by atomic mass is 10.2. The molecule has 0 aliphatic heterocycles. The summed E-state index contributed by atoms with van der Waals surface area (Å²) in [4.78, 5) is 14.8. The molecular formula is C23H30ClN3O3S. The molecule has 8 heteroatoms. The van der Waals surface area contributed by atoms with E-state index in [9.17, 15) is 13.2 Å². The van der Waals surface area contributed by atoms with Crippen LogP contribution in [0, 0.1) is 0 Å². The lowest BCUT2D eigenvalue weighted by Gasteiger charge is -2.26. The maximum atomic E-state index is 13.4. The van der Waals surface area contributed by atoms with Gasteiger partial charge in [0, 0.05) is 18.2 Å². The fourth-order valence-electron chi connectivity index (χ4n) is 3.33. The number of nitrogens with zero attached hydrogens (tertiary/aromatic N) is 2. The highest BCUT2D eigenvalue weighted by molar-refractivity contribution is 7.93. The van der Waals surface area contributed by atoms with Gasteiger partial charge in [-0.15, -0.1) is 6.58 Å². The predicted molar refractivity (Wildman–Crippen MR) is 127 cm³/mol. The van der Waals surface area contributed by atoms with Crippen LogP contribution in [0.15, 0.2) is 66.1 Å². The molecule has 6 nitrogen and oxygen atoms in total. The maximum absolute atomic E-state index is 13.4. The van der Waals surface area contributed by atoms with Crippen LogP contribution in [-0.4, -0.2) is 51.4 Å². The van der Waals surface area contributed by atoms with E-state index in [2.05, 4.69) is 30.6 Å². The number of para-hydroxylation sites is 1. The second-order valence-corrected chi connectivity index (χ2v) is 9.32. The van der Waals surface area contributed by atoms with Crippen LogP contribution in [-0.2, 0) is 10.0 Å². The monoisotopic (exact) mass is 463 g/mol. The van der Waals surface area contributed by atoms with Crippen LogP contribution in [0.4, 0.5) is 5.69 Å². The van der Waals surface area contributed by atoms with Gasteiger partial charge in [0.25, 0.3) is 15.9 Å². The number of rotatable bonds is 11. The number of sulfonamides is 1. The van der Waals surface area contributed by atoms with Crippen molar-refractivity contribution < 1.29 is 13.2 Å². The van der Waals surface area contributed by atoms with Gasteiger partial charge in [0.05, 0.1) is 17.3 Å². The van der Waals surface area contributed by atoms with E-state index in [1.165, 1.54) is 28.6 Å². The molecule has 0 radical (unpaired) electrons. The van der Waals surface area contributed by atoms with Crippen molar-refractivity contribution in [1.82, 2.24) is 10.2 Å². The summed E-state index contributed by atoms with van der Waals surface area (Å²) in [7, 11) is -4.01. The molecule has 0 aromatic heterocycles. The Morgan fingerprint density at radius 2 is 1.81 bits per heavy atom. The highest BCUT2D eigenvalue weighted by atomic mass is 35.5. The zero-order valence-corrected chi connectivity index (χ0v) is 19.8. The highest BCUT2D eigenvalue weighted by Crippen LogP contribution is 2.29. The number of halogens is 1. The molecule has 0 aliphatic rings. The molecule has 2 rings (SSSR count). The summed E-state index contributed by atoms with van der Waals surface area (Å²) in [6.07, 6.45) is 1.50. The lowest BCUT2D eigenvalue weighted by molar-refractivity contribution is 0.0938. The summed E-state index contributed by atoms with van der Waals surface area (Å²) in [6.45, 7) is 12.1. The fraction of sp³-hybridized carbons (Fsp3) is 0.348. The third-order valence-electron chi connectivity index (χ3n) is 5.09. The quantitative estimate of drug-likeness (QED) is 0.507. The van der Waals surface area contributed by atoms with E-state index >= 15 is 0 Å². The number of benzene rings is 2. The van der Waals surface area contributed by atoms with Crippen LogP contribution in [0.2, 0.25) is 5.02 Å². The second kappa shape index (κ2) is 11.3. The van der Waals surface area contributed by atoms with Crippen molar-refractivity contribution in [2.24, 2.45) is 0 Å². The molecule has 168 valence electrons. The summed E-state index contributed by atoms with van der Waals surface area (Å²) < 4.78 is 28.0. The number of carbonyl (C=O) groups excluding carboxylic acids is 1. The fourth-order valence-corrected chi connectivity index (χ4v) is 5.27. The largest absolute Gasteiger partial charge is 0.350 e. The third kappa shape index (κ3) is 6.09. The number of likely N-dealkylation sites (N-methyl/N-ethyl adjacent to an activating group) is 1. The smallest absolute Gasteiger partial charge is 0.266 e. The van der Waals surface area contributed by atoms with Crippen LogP contribution >= 0.6 is 11.6 Å². The Bertz CT molecular complexity index is 992. The molecule has 1 amide bonds. The molecule has 0 saturated heterocycles. The minimum Gasteiger partial charge on any atom is -0.350 e. The normalized spacial score (nSPS) is 12.4. The van der Waals surface area contributed by atoms with E-state index in [0.717, 1.165) is 13.1 Å². The molecule has 0 spiro atoms. The molecule has 0 fully saturated rings. The van der Waals surface area contributed by atoms with Gasteiger partial charge in [0.2, 0.25) is 0 Å². The van der Waals surface area contributed by atoms with Crippen LogP contribution in [0.5, 0.6) is 0 Å². The first-order valence-corrected chi connectivity index (χ1v) is 12.1. The Balaban J connectivity index is 2.32. The summed E-state index contributed by atoms with van der Waals surface area (Å²) in [6, 6.07) is 13.2. The van der Waals surface area contributed by atoms with Gasteiger partial charge in [-0.25, -0.2) is 8.42 Å². The number of hydrogen-bond donors (Lipinski definition) is 1. The van der Waals surface area contributed by atoms with Crippen molar-refractivity contribution in [2.75, 3.05) is 30.5 Å². The molecule has 0 saturated carbocycles. The van der Waals surface area contributed by atoms with E-state index < -0.39 is 10.0 Å². The first-order valence-electron chi connectivity index (χ1n) is 10.3. The van der Waals surface area contributed by atoms with Gasteiger partial charge in [-0.05, 0) is 50.3 Å². The molecule has 31 heavy (non-hydrogen) atoms. The molecule has 1 atom stereocenters. The van der Waals surface area contributed by atoms with Crippen LogP contribution in [0.3, 0.4) is 0 Å². The van der Waals surface area contributed by atoms with Crippen LogP contribution < -0.4 is 9.62 Å². The second-order valence-electron chi connectivity index (χ2n) is 7.09. The molecule has 0 aliphatic carbocycles. The van der Waals surface area contributed by atoms with Gasteiger partial charge in [-0.1, -0.05) is 49.7 Å². The lowest BCUT2D eigenvalue weighted by Crippen LogP contribution is -2.42. The average Bonchev–Trinajstić information content (AvgIpc) is 2.77. The summed E-state index contributed by atoms with van der Waals surface area (Å²) in [5.74, 6) is -0.345. The van der Waals surface area contributed by atoms with E-state index in [1.54, 1.807) is 30.3 Å². The molecule has 1 unspecified atom stereocenters. The maximum Gasteiger partial charge on any atom is 0.266 e. The molecule has 2 aromatic carbocycles. The molecule has 1 N–H and O–H groups in total. The Morgan fingerprint density at radius 1 is 1.16 bits per heavy atom. The first-order chi connectivity index (χ1) is 14.8. The van der Waals surface area contributed by atoms with E-state index in [1.807, 2.05) is 6.92 Å². The minimum atomic E-state index is -4.01. The molecule has 0 heterocycles. The molecule has 0 bridgehead atoms. The Morgan fingerprint density at radius 3 is 2.39 bits per heavy atom. The zero-order valence-electron chi connectivity index (χ0n) is 18.2. The van der Waals surface area contributed by atoms with E-state index in [4.69, 9.17) is 11.6 Å². The Kier molecular flexibility index (Phi) is 9.10. The van der Waals surface area contributed by atoms with Crippen molar-refractivity contribution >= 4 is 33.2 Å². The summed E-state index contributed by atoms with van der Waals surface area (Å²) >= 11 is 6.25. The average molecular weight is 464 g/mol. The molecular weight excluding hydrogens is 434 g/mol. The van der Waals surface area contributed by atoms with Crippen LogP contribution in [0.25, 0.3) is 0 Å². The third-order valence-corrected chi connectivity index (χ3v) is 7.37. The van der Waals surface area contributed by atoms with Crippen molar-refractivity contribution in [1.29, 1.82) is 0 Å². The molecule has 2 aromatic rings. The van der Waals surface area contributed by atoms with Crippen molar-refractivity contribution in [3.05, 3.63) is 71.8 Å². The first kappa shape index (κ1) is 24.9. The topological polar surface area (TPSA) is 69.7 Å². The zero-order chi connectivity index (χ0) is 23.0. The predicted octanol–water partition coefficient (Wildman–Crippen LogP) is 4.18. The number of amides is 1. The van der Waals surface area contributed by atoms with Crippen LogP contribution in [0.1, 0.15) is 31.1 Å². The van der Waals surface area contributed by atoms with Gasteiger partial charge < -0.3 is 5.32 Å². The van der Waals surface area contributed by atoms with Gasteiger partial charge in [0.15, 0.2) is 0 Å². The number of hydrogen-bond acceptors (Lipinski definition) is 4. The Labute approximate surface area is 190 Å². The summed E-state index contributed by atoms with van der Waals surface area (Å²) in [5, 5.41) is 2.94. The number of nitrogens with one attached hydrogen (secondary N) is 1. The summed E-state index contributed by atoms with van der Waals surface area (Å²) in [5.41, 5.74) is 0.725. The Hall–Kier alpha value is -2.35. The number of anilines is 1. The van der Waals surface area contributed by atoms with Crippen molar-refractivity contribution in [3.8, 4) is 0 Å². The van der Waals surface area contributed by atoms with Crippen molar-refractivity contribution in [3.63, 3.8) is 0 Å². The minimum absolute atomic E-state index is 0.0538. The SMILES string of the molecule is C=CCN(c1ccccc1)S(=O)(=O)c1cc(C(=O)NCC(C)N(CC)CC)ccc1Cl. The standard InChI is InChI=1S/C23H30ClN3O3S/c1-5-15-27(20-11-9-8-10-12-20)31(29,30)22-16-19(13-14-21(22)24)23(28)25-17-18(4)26(6-2)7-3/h5,8-14,16,18H,1,6-7,15,17H2,2-4H3,(H,25,28).